The van der Waals surface area contributed by atoms with Crippen molar-refractivity contribution in [3.05, 3.63) is 137 Å². The highest BCUT2D eigenvalue weighted by Gasteiger charge is 2.42. The first kappa shape index (κ1) is 36.9. The molecule has 0 radical (unpaired) electrons. The van der Waals surface area contributed by atoms with Crippen LogP contribution in [0.2, 0.25) is 0 Å². The van der Waals surface area contributed by atoms with E-state index in [-0.39, 0.29) is 40.9 Å². The normalized spacial score (nSPS) is 19.6. The van der Waals surface area contributed by atoms with Crippen molar-refractivity contribution in [3.63, 3.8) is 0 Å². The summed E-state index contributed by atoms with van der Waals surface area (Å²) in [6, 6.07) is 25.6. The van der Waals surface area contributed by atoms with E-state index in [9.17, 15) is 19.8 Å². The van der Waals surface area contributed by atoms with Crippen molar-refractivity contribution in [2.24, 2.45) is 11.3 Å². The van der Waals surface area contributed by atoms with E-state index in [4.69, 9.17) is 0 Å². The smallest absolute Gasteiger partial charge is 0.305 e. The van der Waals surface area contributed by atoms with E-state index in [0.717, 1.165) is 11.4 Å². The van der Waals surface area contributed by atoms with E-state index >= 15 is 0 Å². The van der Waals surface area contributed by atoms with Crippen molar-refractivity contribution in [2.45, 2.75) is 91.4 Å². The molecule has 2 N–H and O–H groups in total. The molecule has 5 nitrogen and oxygen atoms in total. The minimum atomic E-state index is -0.803. The van der Waals surface area contributed by atoms with Gasteiger partial charge < -0.3 is 15.1 Å². The van der Waals surface area contributed by atoms with Gasteiger partial charge in [-0.25, -0.2) is 0 Å². The third-order valence-electron chi connectivity index (χ3n) is 11.4. The van der Waals surface area contributed by atoms with Gasteiger partial charge in [-0.2, -0.15) is 0 Å². The number of allylic oxidation sites excluding steroid dienone is 8. The van der Waals surface area contributed by atoms with Crippen LogP contribution in [0.3, 0.4) is 0 Å². The molecule has 0 fully saturated rings. The zero-order chi connectivity index (χ0) is 37.6. The minimum Gasteiger partial charge on any atom is -0.481 e. The van der Waals surface area contributed by atoms with Gasteiger partial charge in [0.2, 0.25) is 0 Å². The van der Waals surface area contributed by atoms with Crippen LogP contribution in [0.5, 0.6) is 0 Å². The van der Waals surface area contributed by atoms with Gasteiger partial charge in [-0.15, -0.1) is 0 Å². The Hall–Kier alpha value is -4.90. The average Bonchev–Trinajstić information content (AvgIpc) is 3.30. The molecule has 0 spiro atoms. The van der Waals surface area contributed by atoms with Gasteiger partial charge in [0.25, 0.3) is 0 Å². The van der Waals surface area contributed by atoms with E-state index in [0.29, 0.717) is 13.0 Å². The molecule has 2 aliphatic rings. The lowest BCUT2D eigenvalue weighted by Crippen LogP contribution is -2.30. The summed E-state index contributed by atoms with van der Waals surface area (Å²) >= 11 is 0. The van der Waals surface area contributed by atoms with Crippen molar-refractivity contribution >= 4 is 39.2 Å². The molecule has 2 unspecified atom stereocenters. The number of aliphatic carboxylic acids is 2. The predicted octanol–water partition coefficient (Wildman–Crippen LogP) is 11.5. The number of benzene rings is 4. The number of carboxylic acid groups (broad SMARTS) is 2. The van der Waals surface area contributed by atoms with Crippen molar-refractivity contribution in [2.75, 3.05) is 11.4 Å². The molecule has 1 aliphatic heterocycles. The first-order valence-electron chi connectivity index (χ1n) is 18.6. The average molecular weight is 696 g/mol. The van der Waals surface area contributed by atoms with Gasteiger partial charge in [0.05, 0.1) is 6.42 Å². The molecule has 2 atom stereocenters. The molecule has 5 heteroatoms. The number of carboxylic acids is 2. The summed E-state index contributed by atoms with van der Waals surface area (Å²) in [5, 5.41) is 24.1. The second kappa shape index (κ2) is 13.9. The Kier molecular flexibility index (Phi) is 9.87. The zero-order valence-electron chi connectivity index (χ0n) is 32.0. The molecule has 1 aliphatic carbocycles. The van der Waals surface area contributed by atoms with Crippen LogP contribution in [-0.2, 0) is 20.4 Å². The lowest BCUT2D eigenvalue weighted by atomic mass is 9.63. The maximum Gasteiger partial charge on any atom is 0.305 e. The molecule has 52 heavy (non-hydrogen) atoms. The van der Waals surface area contributed by atoms with Crippen LogP contribution in [0, 0.1) is 11.3 Å². The molecule has 1 heterocycles. The van der Waals surface area contributed by atoms with E-state index in [1.165, 1.54) is 49.4 Å². The quantitative estimate of drug-likeness (QED) is 0.153. The van der Waals surface area contributed by atoms with Crippen LogP contribution in [-0.4, -0.2) is 28.7 Å². The maximum atomic E-state index is 11.8. The number of hydrogen-bond donors (Lipinski definition) is 2. The highest BCUT2D eigenvalue weighted by molar-refractivity contribution is 5.95. The summed E-state index contributed by atoms with van der Waals surface area (Å²) < 4.78 is 0. The molecular weight excluding hydrogens is 643 g/mol. The molecule has 270 valence electrons. The Labute approximate surface area is 309 Å². The number of fused-ring (bicyclic) bond motifs is 6. The first-order valence-corrected chi connectivity index (χ1v) is 18.6. The largest absolute Gasteiger partial charge is 0.481 e. The monoisotopic (exact) mass is 695 g/mol. The Morgan fingerprint density at radius 2 is 1.40 bits per heavy atom. The molecule has 0 amide bonds. The zero-order valence-corrected chi connectivity index (χ0v) is 32.0. The number of nitrogens with zero attached hydrogens (tertiary/aromatic N) is 1. The van der Waals surface area contributed by atoms with Gasteiger partial charge in [0.15, 0.2) is 0 Å². The molecule has 4 aromatic rings. The molecule has 0 aromatic heterocycles. The van der Waals surface area contributed by atoms with Crippen LogP contribution in [0.25, 0.3) is 21.5 Å². The Morgan fingerprint density at radius 1 is 0.808 bits per heavy atom. The predicted molar refractivity (Wildman–Crippen MR) is 215 cm³/mol. The lowest BCUT2D eigenvalue weighted by molar-refractivity contribution is -0.138. The molecule has 0 saturated carbocycles. The number of carbonyl (C=O) groups is 2. The van der Waals surface area contributed by atoms with Crippen molar-refractivity contribution in [1.82, 2.24) is 0 Å². The van der Waals surface area contributed by atoms with Gasteiger partial charge in [-0.3, -0.25) is 9.59 Å². The minimum absolute atomic E-state index is 0.0415. The van der Waals surface area contributed by atoms with Crippen LogP contribution < -0.4 is 4.90 Å². The summed E-state index contributed by atoms with van der Waals surface area (Å²) in [6.45, 7) is 18.3. The van der Waals surface area contributed by atoms with Crippen molar-refractivity contribution < 1.29 is 19.8 Å². The number of anilines is 1. The highest BCUT2D eigenvalue weighted by atomic mass is 16.4. The van der Waals surface area contributed by atoms with Gasteiger partial charge >= 0.3 is 11.9 Å². The van der Waals surface area contributed by atoms with Crippen LogP contribution in [0.15, 0.2) is 120 Å². The molecule has 4 aromatic carbocycles. The third kappa shape index (κ3) is 6.86. The summed E-state index contributed by atoms with van der Waals surface area (Å²) in [4.78, 5) is 25.7. The molecular formula is C47H53NO4. The summed E-state index contributed by atoms with van der Waals surface area (Å²) in [7, 11) is 0. The highest BCUT2D eigenvalue weighted by Crippen LogP contribution is 2.53. The van der Waals surface area contributed by atoms with Gasteiger partial charge in [0.1, 0.15) is 0 Å². The first-order chi connectivity index (χ1) is 24.5. The molecule has 0 bridgehead atoms. The topological polar surface area (TPSA) is 77.8 Å². The van der Waals surface area contributed by atoms with E-state index in [1.54, 1.807) is 0 Å². The Bertz CT molecular complexity index is 2180. The van der Waals surface area contributed by atoms with E-state index < -0.39 is 11.9 Å². The second-order valence-electron chi connectivity index (χ2n) is 16.5. The Balaban J connectivity index is 1.32. The van der Waals surface area contributed by atoms with E-state index in [2.05, 4.69) is 163 Å². The number of hydrogen-bond acceptors (Lipinski definition) is 3. The molecule has 6 rings (SSSR count). The Morgan fingerprint density at radius 3 is 2.04 bits per heavy atom. The fourth-order valence-corrected chi connectivity index (χ4v) is 8.86. The van der Waals surface area contributed by atoms with E-state index in [1.807, 2.05) is 0 Å². The molecule has 0 saturated heterocycles. The van der Waals surface area contributed by atoms with Gasteiger partial charge in [-0.1, -0.05) is 151 Å². The van der Waals surface area contributed by atoms with Crippen LogP contribution >= 0.6 is 0 Å². The summed E-state index contributed by atoms with van der Waals surface area (Å²) in [5.41, 5.74) is 7.58. The van der Waals surface area contributed by atoms with Crippen molar-refractivity contribution in [3.8, 4) is 0 Å². The fourth-order valence-electron chi connectivity index (χ4n) is 8.86. The summed E-state index contributed by atoms with van der Waals surface area (Å²) in [5.74, 6) is -1.39. The number of rotatable bonds is 11. The van der Waals surface area contributed by atoms with Crippen LogP contribution in [0.4, 0.5) is 5.69 Å². The fraction of sp³-hybridized carbons (Fsp3) is 0.362. The van der Waals surface area contributed by atoms with Gasteiger partial charge in [0, 0.05) is 46.5 Å². The SMILES string of the molecule is CC1=C(/C=C/C(C)/C=C/C(C)(C)/C=C2/N(CCC(=O)O)c3ccc4ccccc4c3C2(C)C)C(C)(C)c2c(ccc3ccccc23)C1CCC(=O)O. The van der Waals surface area contributed by atoms with Gasteiger partial charge in [-0.05, 0) is 69.1 Å². The lowest BCUT2D eigenvalue weighted by Gasteiger charge is -2.41. The van der Waals surface area contributed by atoms with Crippen molar-refractivity contribution in [1.29, 1.82) is 0 Å². The maximum absolute atomic E-state index is 11.8. The second-order valence-corrected chi connectivity index (χ2v) is 16.5. The summed E-state index contributed by atoms with van der Waals surface area (Å²) in [6.07, 6.45) is 12.2. The standard InChI is InChI=1S/C47H53NO4/c1-30(17-22-38-31(2)34(21-24-41(49)50)37-20-18-32-13-9-11-15-35(32)43(37)46(38,5)6)25-27-45(3,4)29-40-47(7,8)44-36-16-12-10-14-33(36)19-23-39(44)48(40)28-26-42(51)52/h9-20,22-23,25,27,29-30,34H,21,24,26,28H2,1-8H3,(H,49,50)(H,51,52)/b22-17+,27-25+,40-29+. The van der Waals surface area contributed by atoms with Crippen LogP contribution in [0.1, 0.15) is 97.3 Å². The third-order valence-corrected chi connectivity index (χ3v) is 11.4.